The largest absolute Gasteiger partial charge is 0.409 e. The number of halogens is 2. The smallest absolute Gasteiger partial charge is 0.156 e. The lowest BCUT2D eigenvalue weighted by Gasteiger charge is -2.34. The van der Waals surface area contributed by atoms with Gasteiger partial charge in [-0.1, -0.05) is 34.8 Å². The van der Waals surface area contributed by atoms with Crippen LogP contribution in [0.2, 0.25) is 10.0 Å². The first kappa shape index (κ1) is 14.4. The number of benzene rings is 1. The highest BCUT2D eigenvalue weighted by Crippen LogP contribution is 2.25. The van der Waals surface area contributed by atoms with Crippen molar-refractivity contribution in [1.82, 2.24) is 4.90 Å². The molecule has 1 unspecified atom stereocenters. The molecule has 0 aliphatic carbocycles. The lowest BCUT2D eigenvalue weighted by molar-refractivity contribution is 0.178. The highest BCUT2D eigenvalue weighted by molar-refractivity contribution is 6.33. The fourth-order valence-corrected chi connectivity index (χ4v) is 2.84. The van der Waals surface area contributed by atoms with Crippen LogP contribution in [0.1, 0.15) is 24.8 Å². The summed E-state index contributed by atoms with van der Waals surface area (Å²) in [5, 5.41) is 13.3. The van der Waals surface area contributed by atoms with Crippen LogP contribution in [-0.2, 0) is 6.54 Å². The molecule has 1 saturated heterocycles. The van der Waals surface area contributed by atoms with Crippen molar-refractivity contribution >= 4 is 29.0 Å². The number of nitrogens with two attached hydrogens (primary N) is 1. The molecule has 6 heteroatoms. The number of hydrogen-bond acceptors (Lipinski definition) is 3. The van der Waals surface area contributed by atoms with Crippen molar-refractivity contribution in [3.05, 3.63) is 33.8 Å². The Labute approximate surface area is 122 Å². The van der Waals surface area contributed by atoms with Gasteiger partial charge in [-0.3, -0.25) is 4.90 Å². The first-order valence-electron chi connectivity index (χ1n) is 6.27. The molecule has 0 bridgehead atoms. The Morgan fingerprint density at radius 1 is 1.42 bits per heavy atom. The maximum absolute atomic E-state index is 8.86. The summed E-state index contributed by atoms with van der Waals surface area (Å²) in [4.78, 5) is 2.18. The lowest BCUT2D eigenvalue weighted by atomic mass is 10.0. The van der Waals surface area contributed by atoms with E-state index in [9.17, 15) is 0 Å². The predicted octanol–water partition coefficient (Wildman–Crippen LogP) is 3.09. The van der Waals surface area contributed by atoms with E-state index in [0.717, 1.165) is 31.4 Å². The van der Waals surface area contributed by atoms with Crippen LogP contribution in [0, 0.1) is 0 Å². The number of piperidine rings is 1. The fourth-order valence-electron chi connectivity index (χ4n) is 2.47. The van der Waals surface area contributed by atoms with Crippen molar-refractivity contribution in [3.8, 4) is 0 Å². The van der Waals surface area contributed by atoms with Crippen LogP contribution in [0.4, 0.5) is 0 Å². The Balaban J connectivity index is 2.17. The van der Waals surface area contributed by atoms with Crippen LogP contribution in [0.3, 0.4) is 0 Å². The third kappa shape index (κ3) is 3.53. The van der Waals surface area contributed by atoms with Gasteiger partial charge < -0.3 is 10.9 Å². The van der Waals surface area contributed by atoms with E-state index in [1.165, 1.54) is 0 Å². The van der Waals surface area contributed by atoms with Gasteiger partial charge in [0.2, 0.25) is 0 Å². The molecule has 0 saturated carbocycles. The standard InChI is InChI=1S/C13H17Cl2N3O/c14-10-4-5-11(15)9(7-10)8-18-6-2-1-3-12(18)13(16)17-19/h4-5,7,12,19H,1-3,6,8H2,(H2,16,17). The molecule has 3 N–H and O–H groups in total. The number of oxime groups is 1. The highest BCUT2D eigenvalue weighted by Gasteiger charge is 2.26. The molecule has 0 amide bonds. The minimum absolute atomic E-state index is 0.0335. The van der Waals surface area contributed by atoms with Crippen molar-refractivity contribution in [2.75, 3.05) is 6.54 Å². The molecule has 1 aliphatic rings. The number of hydrogen-bond donors (Lipinski definition) is 2. The number of amidine groups is 1. The molecule has 0 radical (unpaired) electrons. The third-order valence-electron chi connectivity index (χ3n) is 3.45. The average Bonchev–Trinajstić information content (AvgIpc) is 2.42. The van der Waals surface area contributed by atoms with Gasteiger partial charge in [0.15, 0.2) is 5.84 Å². The first-order chi connectivity index (χ1) is 9.11. The maximum atomic E-state index is 8.86. The van der Waals surface area contributed by atoms with Gasteiger partial charge in [-0.25, -0.2) is 0 Å². The van der Waals surface area contributed by atoms with Crippen LogP contribution in [0.25, 0.3) is 0 Å². The summed E-state index contributed by atoms with van der Waals surface area (Å²) in [6, 6.07) is 5.39. The summed E-state index contributed by atoms with van der Waals surface area (Å²) in [6.07, 6.45) is 3.09. The first-order valence-corrected chi connectivity index (χ1v) is 7.03. The molecule has 1 fully saturated rings. The van der Waals surface area contributed by atoms with Crippen molar-refractivity contribution in [2.45, 2.75) is 31.8 Å². The van der Waals surface area contributed by atoms with E-state index in [2.05, 4.69) is 10.1 Å². The summed E-state index contributed by atoms with van der Waals surface area (Å²) >= 11 is 12.2. The summed E-state index contributed by atoms with van der Waals surface area (Å²) in [5.74, 6) is 0.262. The van der Waals surface area contributed by atoms with Crippen molar-refractivity contribution < 1.29 is 5.21 Å². The quantitative estimate of drug-likeness (QED) is 0.390. The Kier molecular flexibility index (Phi) is 4.91. The summed E-state index contributed by atoms with van der Waals surface area (Å²) in [7, 11) is 0. The van der Waals surface area contributed by atoms with Crippen molar-refractivity contribution in [3.63, 3.8) is 0 Å². The molecule has 0 aromatic heterocycles. The van der Waals surface area contributed by atoms with Crippen LogP contribution in [0.15, 0.2) is 23.4 Å². The second kappa shape index (κ2) is 6.46. The zero-order valence-corrected chi connectivity index (χ0v) is 12.0. The van der Waals surface area contributed by atoms with E-state index < -0.39 is 0 Å². The van der Waals surface area contributed by atoms with E-state index in [-0.39, 0.29) is 11.9 Å². The van der Waals surface area contributed by atoms with Gasteiger partial charge in [0.25, 0.3) is 0 Å². The second-order valence-corrected chi connectivity index (χ2v) is 5.59. The van der Waals surface area contributed by atoms with Crippen molar-refractivity contribution in [2.24, 2.45) is 10.9 Å². The lowest BCUT2D eigenvalue weighted by Crippen LogP contribution is -2.47. The van der Waals surface area contributed by atoms with Gasteiger partial charge >= 0.3 is 0 Å². The van der Waals surface area contributed by atoms with Crippen LogP contribution in [-0.4, -0.2) is 28.5 Å². The summed E-state index contributed by atoms with van der Waals surface area (Å²) in [5.41, 5.74) is 6.72. The zero-order valence-electron chi connectivity index (χ0n) is 10.5. The molecule has 1 aromatic rings. The van der Waals surface area contributed by atoms with Gasteiger partial charge in [-0.2, -0.15) is 0 Å². The molecular formula is C13H17Cl2N3O. The van der Waals surface area contributed by atoms with Crippen LogP contribution < -0.4 is 5.73 Å². The molecule has 19 heavy (non-hydrogen) atoms. The Hall–Kier alpha value is -0.970. The van der Waals surface area contributed by atoms with Gasteiger partial charge in [0.05, 0.1) is 6.04 Å². The number of nitrogens with zero attached hydrogens (tertiary/aromatic N) is 2. The molecule has 4 nitrogen and oxygen atoms in total. The van der Waals surface area contributed by atoms with Crippen molar-refractivity contribution in [1.29, 1.82) is 0 Å². The number of rotatable bonds is 3. The SMILES string of the molecule is NC(=NO)C1CCCCN1Cc1cc(Cl)ccc1Cl. The van der Waals surface area contributed by atoms with Gasteiger partial charge in [-0.05, 0) is 43.1 Å². The molecule has 1 aromatic carbocycles. The summed E-state index contributed by atoms with van der Waals surface area (Å²) < 4.78 is 0. The maximum Gasteiger partial charge on any atom is 0.156 e. The van der Waals surface area contributed by atoms with Gasteiger partial charge in [0.1, 0.15) is 0 Å². The van der Waals surface area contributed by atoms with E-state index >= 15 is 0 Å². The molecule has 2 rings (SSSR count). The minimum Gasteiger partial charge on any atom is -0.409 e. The van der Waals surface area contributed by atoms with E-state index in [4.69, 9.17) is 34.1 Å². The molecule has 1 aliphatic heterocycles. The molecule has 104 valence electrons. The van der Waals surface area contributed by atoms with Gasteiger partial charge in [-0.15, -0.1) is 0 Å². The molecule has 1 heterocycles. The average molecular weight is 302 g/mol. The van der Waals surface area contributed by atoms with Gasteiger partial charge in [0, 0.05) is 16.6 Å². The van der Waals surface area contributed by atoms with E-state index in [1.807, 2.05) is 6.07 Å². The Bertz CT molecular complexity index is 479. The second-order valence-electron chi connectivity index (χ2n) is 4.74. The third-order valence-corrected chi connectivity index (χ3v) is 4.06. The predicted molar refractivity (Wildman–Crippen MR) is 77.9 cm³/mol. The van der Waals surface area contributed by atoms with Crippen LogP contribution >= 0.6 is 23.2 Å². The normalized spacial score (nSPS) is 21.6. The van der Waals surface area contributed by atoms with Crippen LogP contribution in [0.5, 0.6) is 0 Å². The molecular weight excluding hydrogens is 285 g/mol. The summed E-state index contributed by atoms with van der Waals surface area (Å²) in [6.45, 7) is 1.56. The number of likely N-dealkylation sites (tertiary alicyclic amines) is 1. The van der Waals surface area contributed by atoms with E-state index in [1.54, 1.807) is 12.1 Å². The Morgan fingerprint density at radius 2 is 2.21 bits per heavy atom. The molecule has 0 spiro atoms. The Morgan fingerprint density at radius 3 is 2.95 bits per heavy atom. The van der Waals surface area contributed by atoms with E-state index in [0.29, 0.717) is 16.6 Å². The topological polar surface area (TPSA) is 61.9 Å². The fraction of sp³-hybridized carbons (Fsp3) is 0.462. The minimum atomic E-state index is -0.0335. The molecule has 1 atom stereocenters. The highest BCUT2D eigenvalue weighted by atomic mass is 35.5. The zero-order chi connectivity index (χ0) is 13.8. The monoisotopic (exact) mass is 301 g/mol.